The van der Waals surface area contributed by atoms with E-state index in [9.17, 15) is 4.79 Å². The van der Waals surface area contributed by atoms with E-state index in [0.29, 0.717) is 18.5 Å². The summed E-state index contributed by atoms with van der Waals surface area (Å²) in [6.07, 6.45) is 2.96. The van der Waals surface area contributed by atoms with Crippen LogP contribution < -0.4 is 11.1 Å². The van der Waals surface area contributed by atoms with Crippen molar-refractivity contribution >= 4 is 5.91 Å². The smallest absolute Gasteiger partial charge is 0.224 e. The fourth-order valence-corrected chi connectivity index (χ4v) is 2.92. The molecule has 0 aromatic carbocycles. The lowest BCUT2D eigenvalue weighted by atomic mass is 10.0. The number of rotatable bonds is 9. The third-order valence-electron chi connectivity index (χ3n) is 4.11. The first kappa shape index (κ1) is 18.4. The summed E-state index contributed by atoms with van der Waals surface area (Å²) < 4.78 is 5.42. The summed E-state index contributed by atoms with van der Waals surface area (Å²) >= 11 is 0. The van der Waals surface area contributed by atoms with Gasteiger partial charge in [-0.1, -0.05) is 27.2 Å². The van der Waals surface area contributed by atoms with Gasteiger partial charge in [-0.05, 0) is 18.8 Å². The van der Waals surface area contributed by atoms with Crippen LogP contribution in [0.15, 0.2) is 0 Å². The van der Waals surface area contributed by atoms with E-state index in [1.54, 1.807) is 0 Å². The normalized spacial score (nSPS) is 19.5. The van der Waals surface area contributed by atoms with Gasteiger partial charge in [-0.25, -0.2) is 0 Å². The average molecular weight is 299 g/mol. The Morgan fingerprint density at radius 1 is 1.33 bits per heavy atom. The lowest BCUT2D eigenvalue weighted by Gasteiger charge is -2.35. The van der Waals surface area contributed by atoms with Crippen molar-refractivity contribution in [2.75, 3.05) is 39.4 Å². The van der Waals surface area contributed by atoms with Crippen LogP contribution in [0.4, 0.5) is 0 Å². The van der Waals surface area contributed by atoms with Gasteiger partial charge in [0.1, 0.15) is 0 Å². The van der Waals surface area contributed by atoms with Crippen LogP contribution in [-0.4, -0.2) is 56.2 Å². The maximum Gasteiger partial charge on any atom is 0.224 e. The molecule has 0 bridgehead atoms. The zero-order chi connectivity index (χ0) is 15.7. The van der Waals surface area contributed by atoms with Gasteiger partial charge in [0.2, 0.25) is 5.91 Å². The molecule has 1 amide bonds. The Labute approximate surface area is 129 Å². The molecule has 5 nitrogen and oxygen atoms in total. The van der Waals surface area contributed by atoms with Crippen LogP contribution in [0.5, 0.6) is 0 Å². The lowest BCUT2D eigenvalue weighted by Crippen LogP contribution is -2.50. The molecule has 3 N–H and O–H groups in total. The molecule has 1 rings (SSSR count). The number of nitrogens with one attached hydrogen (secondary N) is 1. The minimum absolute atomic E-state index is 0.0422. The van der Waals surface area contributed by atoms with Crippen LogP contribution in [-0.2, 0) is 9.53 Å². The van der Waals surface area contributed by atoms with Gasteiger partial charge in [-0.2, -0.15) is 0 Å². The Bertz CT molecular complexity index is 291. The van der Waals surface area contributed by atoms with E-state index in [1.807, 2.05) is 0 Å². The molecule has 0 spiro atoms. The Morgan fingerprint density at radius 2 is 2.00 bits per heavy atom. The molecule has 124 valence electrons. The predicted octanol–water partition coefficient (Wildman–Crippen LogP) is 1.22. The summed E-state index contributed by atoms with van der Waals surface area (Å²) in [5.74, 6) is 0.691. The van der Waals surface area contributed by atoms with Gasteiger partial charge >= 0.3 is 0 Å². The Hall–Kier alpha value is -0.650. The van der Waals surface area contributed by atoms with Gasteiger partial charge in [0.25, 0.3) is 0 Å². The van der Waals surface area contributed by atoms with Gasteiger partial charge in [-0.15, -0.1) is 0 Å². The molecule has 1 aliphatic heterocycles. The van der Waals surface area contributed by atoms with Gasteiger partial charge in [-0.3, -0.25) is 9.69 Å². The number of nitrogens with zero attached hydrogens (tertiary/aromatic N) is 1. The van der Waals surface area contributed by atoms with Crippen LogP contribution in [0.25, 0.3) is 0 Å². The molecular weight excluding hydrogens is 266 g/mol. The number of hydrogen-bond donors (Lipinski definition) is 2. The SMILES string of the molecule is CCCC(CN)C(=O)NCC(CC(C)C)N1CCOCC1. The van der Waals surface area contributed by atoms with Crippen molar-refractivity contribution in [1.29, 1.82) is 0 Å². The zero-order valence-corrected chi connectivity index (χ0v) is 13.9. The molecular formula is C16H33N3O2. The predicted molar refractivity (Wildman–Crippen MR) is 86.1 cm³/mol. The van der Waals surface area contributed by atoms with Crippen LogP contribution >= 0.6 is 0 Å². The van der Waals surface area contributed by atoms with E-state index in [-0.39, 0.29) is 11.8 Å². The van der Waals surface area contributed by atoms with Gasteiger partial charge in [0.05, 0.1) is 19.1 Å². The Balaban J connectivity index is 2.49. The minimum Gasteiger partial charge on any atom is -0.379 e. The molecule has 0 radical (unpaired) electrons. The van der Waals surface area contributed by atoms with E-state index in [4.69, 9.17) is 10.5 Å². The molecule has 0 saturated carbocycles. The van der Waals surface area contributed by atoms with Gasteiger partial charge < -0.3 is 15.8 Å². The molecule has 1 saturated heterocycles. The van der Waals surface area contributed by atoms with Crippen LogP contribution in [0.3, 0.4) is 0 Å². The number of carbonyl (C=O) groups excluding carboxylic acids is 1. The monoisotopic (exact) mass is 299 g/mol. The maximum absolute atomic E-state index is 12.2. The standard InChI is InChI=1S/C16H33N3O2/c1-4-5-14(11-17)16(20)18-12-15(10-13(2)3)19-6-8-21-9-7-19/h13-15H,4-12,17H2,1-3H3,(H,18,20). The molecule has 5 heteroatoms. The first-order valence-corrected chi connectivity index (χ1v) is 8.38. The quantitative estimate of drug-likeness (QED) is 0.672. The van der Waals surface area contributed by atoms with Crippen molar-refractivity contribution in [3.8, 4) is 0 Å². The van der Waals surface area contributed by atoms with E-state index in [0.717, 1.165) is 52.1 Å². The minimum atomic E-state index is -0.0422. The topological polar surface area (TPSA) is 67.6 Å². The molecule has 1 heterocycles. The van der Waals surface area contributed by atoms with Crippen molar-refractivity contribution in [2.24, 2.45) is 17.6 Å². The highest BCUT2D eigenvalue weighted by atomic mass is 16.5. The van der Waals surface area contributed by atoms with Crippen molar-refractivity contribution in [3.05, 3.63) is 0 Å². The fraction of sp³-hybridized carbons (Fsp3) is 0.938. The Morgan fingerprint density at radius 3 is 2.52 bits per heavy atom. The summed E-state index contributed by atoms with van der Waals surface area (Å²) in [5.41, 5.74) is 5.70. The molecule has 0 aromatic heterocycles. The first-order chi connectivity index (χ1) is 10.1. The summed E-state index contributed by atoms with van der Waals surface area (Å²) in [5, 5.41) is 3.12. The summed E-state index contributed by atoms with van der Waals surface area (Å²) in [4.78, 5) is 14.6. The highest BCUT2D eigenvalue weighted by molar-refractivity contribution is 5.78. The first-order valence-electron chi connectivity index (χ1n) is 8.38. The van der Waals surface area contributed by atoms with E-state index < -0.39 is 0 Å². The van der Waals surface area contributed by atoms with Crippen LogP contribution in [0.1, 0.15) is 40.0 Å². The molecule has 2 unspecified atom stereocenters. The zero-order valence-electron chi connectivity index (χ0n) is 13.9. The maximum atomic E-state index is 12.2. The van der Waals surface area contributed by atoms with Crippen molar-refractivity contribution in [1.82, 2.24) is 10.2 Å². The van der Waals surface area contributed by atoms with Gasteiger partial charge in [0, 0.05) is 32.2 Å². The molecule has 21 heavy (non-hydrogen) atoms. The molecule has 0 aliphatic carbocycles. The second kappa shape index (κ2) is 10.1. The molecule has 0 aromatic rings. The number of nitrogens with two attached hydrogens (primary N) is 1. The van der Waals surface area contributed by atoms with Crippen molar-refractivity contribution in [3.63, 3.8) is 0 Å². The number of amides is 1. The van der Waals surface area contributed by atoms with E-state index in [1.165, 1.54) is 0 Å². The summed E-state index contributed by atoms with van der Waals surface area (Å²) in [6.45, 7) is 11.2. The van der Waals surface area contributed by atoms with Crippen molar-refractivity contribution < 1.29 is 9.53 Å². The third-order valence-corrected chi connectivity index (χ3v) is 4.11. The number of morpholine rings is 1. The van der Waals surface area contributed by atoms with Crippen molar-refractivity contribution in [2.45, 2.75) is 46.1 Å². The van der Waals surface area contributed by atoms with Crippen LogP contribution in [0.2, 0.25) is 0 Å². The number of ether oxygens (including phenoxy) is 1. The van der Waals surface area contributed by atoms with Gasteiger partial charge in [0.15, 0.2) is 0 Å². The highest BCUT2D eigenvalue weighted by Crippen LogP contribution is 2.13. The number of carbonyl (C=O) groups is 1. The molecule has 2 atom stereocenters. The second-order valence-electron chi connectivity index (χ2n) is 6.40. The fourth-order valence-electron chi connectivity index (χ4n) is 2.92. The average Bonchev–Trinajstić information content (AvgIpc) is 2.49. The largest absolute Gasteiger partial charge is 0.379 e. The Kier molecular flexibility index (Phi) is 8.88. The number of hydrogen-bond acceptors (Lipinski definition) is 4. The summed E-state index contributed by atoms with van der Waals surface area (Å²) in [7, 11) is 0. The molecule has 1 aliphatic rings. The second-order valence-corrected chi connectivity index (χ2v) is 6.40. The van der Waals surface area contributed by atoms with Crippen LogP contribution in [0, 0.1) is 11.8 Å². The highest BCUT2D eigenvalue weighted by Gasteiger charge is 2.23. The lowest BCUT2D eigenvalue weighted by molar-refractivity contribution is -0.125. The molecule has 1 fully saturated rings. The van der Waals surface area contributed by atoms with E-state index in [2.05, 4.69) is 31.0 Å². The third kappa shape index (κ3) is 6.76. The van der Waals surface area contributed by atoms with E-state index >= 15 is 0 Å². The summed E-state index contributed by atoms with van der Waals surface area (Å²) in [6, 6.07) is 0.401.